The van der Waals surface area contributed by atoms with Gasteiger partial charge in [-0.1, -0.05) is 27.7 Å². The lowest BCUT2D eigenvalue weighted by molar-refractivity contribution is -0.143. The van der Waals surface area contributed by atoms with Crippen LogP contribution in [0.5, 0.6) is 0 Å². The molecule has 0 saturated carbocycles. The molecule has 0 rings (SSSR count). The van der Waals surface area contributed by atoms with Crippen molar-refractivity contribution >= 4 is 16.2 Å². The van der Waals surface area contributed by atoms with Gasteiger partial charge in [-0.15, -0.1) is 0 Å². The molecular formula is C10H22N2O4S. The van der Waals surface area contributed by atoms with Crippen LogP contribution in [0.1, 0.15) is 27.7 Å². The smallest absolute Gasteiger partial charge is 0.324 e. The Morgan fingerprint density at radius 2 is 1.76 bits per heavy atom. The molecular weight excluding hydrogens is 244 g/mol. The van der Waals surface area contributed by atoms with Gasteiger partial charge in [-0.05, 0) is 11.8 Å². The van der Waals surface area contributed by atoms with E-state index < -0.39 is 22.2 Å². The highest BCUT2D eigenvalue weighted by Crippen LogP contribution is 2.04. The van der Waals surface area contributed by atoms with E-state index in [1.807, 2.05) is 13.8 Å². The molecule has 0 heterocycles. The molecule has 102 valence electrons. The minimum Gasteiger partial charge on any atom is -0.468 e. The second-order valence-corrected chi connectivity index (χ2v) is 6.14. The van der Waals surface area contributed by atoms with Gasteiger partial charge in [-0.3, -0.25) is 4.79 Å². The van der Waals surface area contributed by atoms with Crippen molar-refractivity contribution in [3.8, 4) is 0 Å². The number of carbonyl (C=O) groups excluding carboxylic acids is 1. The third kappa shape index (κ3) is 6.60. The van der Waals surface area contributed by atoms with E-state index in [9.17, 15) is 13.2 Å². The van der Waals surface area contributed by atoms with Crippen LogP contribution in [0.4, 0.5) is 0 Å². The monoisotopic (exact) mass is 266 g/mol. The lowest BCUT2D eigenvalue weighted by Crippen LogP contribution is -2.49. The molecule has 7 heteroatoms. The molecule has 0 aliphatic carbocycles. The number of methoxy groups -OCH3 is 1. The van der Waals surface area contributed by atoms with Crippen LogP contribution in [0.25, 0.3) is 0 Å². The van der Waals surface area contributed by atoms with E-state index in [2.05, 4.69) is 14.2 Å². The van der Waals surface area contributed by atoms with Crippen molar-refractivity contribution in [1.82, 2.24) is 9.44 Å². The molecule has 0 radical (unpaired) electrons. The van der Waals surface area contributed by atoms with Crippen molar-refractivity contribution in [3.63, 3.8) is 0 Å². The summed E-state index contributed by atoms with van der Waals surface area (Å²) in [5.74, 6) is -0.574. The van der Waals surface area contributed by atoms with Gasteiger partial charge in [0.1, 0.15) is 6.04 Å². The minimum absolute atomic E-state index is 0.182. The summed E-state index contributed by atoms with van der Waals surface area (Å²) in [5.41, 5.74) is 0. The van der Waals surface area contributed by atoms with Crippen molar-refractivity contribution < 1.29 is 17.9 Å². The van der Waals surface area contributed by atoms with Crippen LogP contribution in [-0.4, -0.2) is 34.1 Å². The molecule has 0 amide bonds. The predicted molar refractivity (Wildman–Crippen MR) is 65.5 cm³/mol. The molecule has 1 atom stereocenters. The summed E-state index contributed by atoms with van der Waals surface area (Å²) >= 11 is 0. The van der Waals surface area contributed by atoms with Crippen LogP contribution in [0.2, 0.25) is 0 Å². The van der Waals surface area contributed by atoms with E-state index in [0.29, 0.717) is 6.54 Å². The normalized spacial score (nSPS) is 14.1. The van der Waals surface area contributed by atoms with E-state index >= 15 is 0 Å². The molecule has 0 aromatic heterocycles. The van der Waals surface area contributed by atoms with Gasteiger partial charge < -0.3 is 4.74 Å². The Labute approximate surface area is 103 Å². The molecule has 0 unspecified atom stereocenters. The zero-order valence-corrected chi connectivity index (χ0v) is 11.8. The molecule has 0 aromatic carbocycles. The van der Waals surface area contributed by atoms with Gasteiger partial charge in [-0.25, -0.2) is 4.72 Å². The maximum Gasteiger partial charge on any atom is 0.324 e. The summed E-state index contributed by atoms with van der Waals surface area (Å²) in [5, 5.41) is 0. The number of nitrogens with one attached hydrogen (secondary N) is 2. The van der Waals surface area contributed by atoms with Crippen molar-refractivity contribution in [2.45, 2.75) is 33.7 Å². The van der Waals surface area contributed by atoms with Gasteiger partial charge in [0.25, 0.3) is 10.2 Å². The summed E-state index contributed by atoms with van der Waals surface area (Å²) in [4.78, 5) is 11.4. The van der Waals surface area contributed by atoms with Gasteiger partial charge >= 0.3 is 5.97 Å². The fourth-order valence-corrected chi connectivity index (χ4v) is 2.41. The van der Waals surface area contributed by atoms with E-state index in [-0.39, 0.29) is 11.8 Å². The lowest BCUT2D eigenvalue weighted by atomic mass is 10.1. The molecule has 0 saturated heterocycles. The van der Waals surface area contributed by atoms with Crippen LogP contribution < -0.4 is 9.44 Å². The molecule has 2 N–H and O–H groups in total. The molecule has 6 nitrogen and oxygen atoms in total. The molecule has 17 heavy (non-hydrogen) atoms. The van der Waals surface area contributed by atoms with Crippen LogP contribution in [0.15, 0.2) is 0 Å². The average Bonchev–Trinajstić information content (AvgIpc) is 2.22. The number of ether oxygens (including phenoxy) is 1. The average molecular weight is 266 g/mol. The second-order valence-electron chi connectivity index (χ2n) is 4.61. The largest absolute Gasteiger partial charge is 0.468 e. The van der Waals surface area contributed by atoms with Crippen LogP contribution in [0.3, 0.4) is 0 Å². The highest BCUT2D eigenvalue weighted by atomic mass is 32.2. The summed E-state index contributed by atoms with van der Waals surface area (Å²) in [6.45, 7) is 7.59. The van der Waals surface area contributed by atoms with Gasteiger partial charge in [0.2, 0.25) is 0 Å². The Bertz CT molecular complexity index is 338. The maximum absolute atomic E-state index is 11.6. The van der Waals surface area contributed by atoms with E-state index in [1.54, 1.807) is 13.8 Å². The summed E-state index contributed by atoms with van der Waals surface area (Å²) in [6.07, 6.45) is 0. The van der Waals surface area contributed by atoms with Crippen LogP contribution in [0, 0.1) is 11.8 Å². The quantitative estimate of drug-likeness (QED) is 0.648. The number of hydrogen-bond donors (Lipinski definition) is 2. The van der Waals surface area contributed by atoms with E-state index in [0.717, 1.165) is 0 Å². The summed E-state index contributed by atoms with van der Waals surface area (Å²) in [6, 6.07) is -0.871. The number of esters is 1. The summed E-state index contributed by atoms with van der Waals surface area (Å²) in [7, 11) is -2.45. The first kappa shape index (κ1) is 16.3. The molecule has 0 aromatic rings. The first-order valence-corrected chi connectivity index (χ1v) is 7.02. The van der Waals surface area contributed by atoms with Gasteiger partial charge in [0, 0.05) is 6.54 Å². The number of rotatable bonds is 7. The Kier molecular flexibility index (Phi) is 6.66. The predicted octanol–water partition coefficient (Wildman–Crippen LogP) is 0.264. The SMILES string of the molecule is COC(=O)[C@@H](NS(=O)(=O)NCC(C)C)C(C)C. The molecule has 0 fully saturated rings. The van der Waals surface area contributed by atoms with Gasteiger partial charge in [0.15, 0.2) is 0 Å². The topological polar surface area (TPSA) is 84.5 Å². The lowest BCUT2D eigenvalue weighted by Gasteiger charge is -2.20. The molecule has 0 aliphatic rings. The highest BCUT2D eigenvalue weighted by molar-refractivity contribution is 7.87. The maximum atomic E-state index is 11.6. The Hall–Kier alpha value is -0.660. The van der Waals surface area contributed by atoms with Crippen LogP contribution >= 0.6 is 0 Å². The van der Waals surface area contributed by atoms with Gasteiger partial charge in [-0.2, -0.15) is 13.1 Å². The fourth-order valence-electron chi connectivity index (χ4n) is 1.07. The van der Waals surface area contributed by atoms with Crippen molar-refractivity contribution in [2.75, 3.05) is 13.7 Å². The highest BCUT2D eigenvalue weighted by Gasteiger charge is 2.27. The number of carbonyl (C=O) groups is 1. The first-order valence-electron chi connectivity index (χ1n) is 5.54. The first-order chi connectivity index (χ1) is 7.69. The Morgan fingerprint density at radius 3 is 2.12 bits per heavy atom. The zero-order valence-electron chi connectivity index (χ0n) is 11.0. The molecule has 0 bridgehead atoms. The standard InChI is InChI=1S/C10H22N2O4S/c1-7(2)6-11-17(14,15)12-9(8(3)4)10(13)16-5/h7-9,11-12H,6H2,1-5H3/t9-/m0/s1. The van der Waals surface area contributed by atoms with Gasteiger partial charge in [0.05, 0.1) is 7.11 Å². The third-order valence-electron chi connectivity index (χ3n) is 2.09. The minimum atomic E-state index is -3.68. The zero-order chi connectivity index (χ0) is 13.6. The molecule has 0 aliphatic heterocycles. The molecule has 0 spiro atoms. The number of hydrogen-bond acceptors (Lipinski definition) is 4. The fraction of sp³-hybridized carbons (Fsp3) is 0.900. The summed E-state index contributed by atoms with van der Waals surface area (Å²) < 4.78 is 32.5. The van der Waals surface area contributed by atoms with Crippen molar-refractivity contribution in [1.29, 1.82) is 0 Å². The second kappa shape index (κ2) is 6.93. The van der Waals surface area contributed by atoms with Crippen molar-refractivity contribution in [2.24, 2.45) is 11.8 Å². The third-order valence-corrected chi connectivity index (χ3v) is 3.20. The van der Waals surface area contributed by atoms with E-state index in [1.165, 1.54) is 7.11 Å². The van der Waals surface area contributed by atoms with Crippen LogP contribution in [-0.2, 0) is 19.7 Å². The van der Waals surface area contributed by atoms with E-state index in [4.69, 9.17) is 0 Å². The Morgan fingerprint density at radius 1 is 1.24 bits per heavy atom. The Balaban J connectivity index is 4.59. The van der Waals surface area contributed by atoms with Crippen molar-refractivity contribution in [3.05, 3.63) is 0 Å².